The highest BCUT2D eigenvalue weighted by Crippen LogP contribution is 2.25. The first-order chi connectivity index (χ1) is 10.3. The number of hydrazone groups is 1. The lowest BCUT2D eigenvalue weighted by molar-refractivity contribution is 0.627. The van der Waals surface area contributed by atoms with Gasteiger partial charge in [0.05, 0.1) is 15.9 Å². The van der Waals surface area contributed by atoms with Crippen LogP contribution in [0.15, 0.2) is 53.6 Å². The van der Waals surface area contributed by atoms with Gasteiger partial charge in [0.2, 0.25) is 5.13 Å². The average molecular weight is 299 g/mol. The van der Waals surface area contributed by atoms with Gasteiger partial charge in [-0.15, -0.1) is 0 Å². The Labute approximate surface area is 126 Å². The summed E-state index contributed by atoms with van der Waals surface area (Å²) in [6.45, 7) is 2.02. The van der Waals surface area contributed by atoms with Crippen molar-refractivity contribution in [1.29, 1.82) is 0 Å². The predicted molar refractivity (Wildman–Crippen MR) is 86.5 cm³/mol. The molecule has 1 aromatic heterocycles. The minimum Gasteiger partial charge on any atom is -0.252 e. The third kappa shape index (κ3) is 3.08. The molecule has 1 N–H and O–H groups in total. The molecule has 0 atom stereocenters. The van der Waals surface area contributed by atoms with E-state index in [1.165, 1.54) is 12.1 Å². The number of nitrogens with one attached hydrogen (secondary N) is 1. The molecular formula is C16H14FN3S. The first-order valence-corrected chi connectivity index (χ1v) is 7.52. The van der Waals surface area contributed by atoms with Gasteiger partial charge in [-0.3, -0.25) is 5.43 Å². The molecule has 0 fully saturated rings. The Morgan fingerprint density at radius 2 is 1.95 bits per heavy atom. The molecule has 0 bridgehead atoms. The lowest BCUT2D eigenvalue weighted by atomic mass is 10.1. The number of rotatable bonds is 4. The van der Waals surface area contributed by atoms with Crippen molar-refractivity contribution in [2.75, 3.05) is 5.43 Å². The summed E-state index contributed by atoms with van der Waals surface area (Å²) in [6.07, 6.45) is 0.753. The Morgan fingerprint density at radius 3 is 2.67 bits per heavy atom. The standard InChI is InChI=1S/C16H14FN3S/c1-2-13(11-7-9-12(17)10-8-11)19-20-16-18-14-5-3-4-6-15(14)21-16/h3-10H,2H2,1H3,(H,18,20)/b19-13-. The zero-order valence-corrected chi connectivity index (χ0v) is 12.3. The summed E-state index contributed by atoms with van der Waals surface area (Å²) >= 11 is 1.56. The second-order valence-corrected chi connectivity index (χ2v) is 5.55. The van der Waals surface area contributed by atoms with E-state index < -0.39 is 0 Å². The maximum absolute atomic E-state index is 13.0. The molecule has 0 radical (unpaired) electrons. The molecule has 1 heterocycles. The van der Waals surface area contributed by atoms with Crippen molar-refractivity contribution in [1.82, 2.24) is 4.98 Å². The van der Waals surface area contributed by atoms with E-state index >= 15 is 0 Å². The SMILES string of the molecule is CC/C(=N/Nc1nc2ccccc2s1)c1ccc(F)cc1. The summed E-state index contributed by atoms with van der Waals surface area (Å²) in [5.74, 6) is -0.242. The van der Waals surface area contributed by atoms with Crippen LogP contribution in [0.5, 0.6) is 0 Å². The summed E-state index contributed by atoms with van der Waals surface area (Å²) in [6, 6.07) is 14.3. The molecular weight excluding hydrogens is 285 g/mol. The summed E-state index contributed by atoms with van der Waals surface area (Å²) in [5, 5.41) is 5.15. The lowest BCUT2D eigenvalue weighted by Gasteiger charge is -2.04. The van der Waals surface area contributed by atoms with Crippen molar-refractivity contribution in [2.24, 2.45) is 5.10 Å². The summed E-state index contributed by atoms with van der Waals surface area (Å²) in [5.41, 5.74) is 5.74. The molecule has 0 amide bonds. The van der Waals surface area contributed by atoms with Crippen molar-refractivity contribution in [3.05, 3.63) is 59.9 Å². The van der Waals surface area contributed by atoms with Crippen LogP contribution in [0, 0.1) is 5.82 Å². The summed E-state index contributed by atoms with van der Waals surface area (Å²) < 4.78 is 14.1. The Balaban J connectivity index is 1.83. The fourth-order valence-corrected chi connectivity index (χ4v) is 2.83. The molecule has 3 rings (SSSR count). The molecule has 0 aliphatic heterocycles. The minimum absolute atomic E-state index is 0.242. The van der Waals surface area contributed by atoms with E-state index in [9.17, 15) is 4.39 Å². The molecule has 3 nitrogen and oxygen atoms in total. The molecule has 106 valence electrons. The molecule has 0 saturated carbocycles. The number of fused-ring (bicyclic) bond motifs is 1. The molecule has 21 heavy (non-hydrogen) atoms. The number of hydrogen-bond acceptors (Lipinski definition) is 4. The molecule has 0 aliphatic rings. The van der Waals surface area contributed by atoms with Gasteiger partial charge in [0.15, 0.2) is 0 Å². The van der Waals surface area contributed by atoms with Crippen LogP contribution in [0.3, 0.4) is 0 Å². The van der Waals surface area contributed by atoms with Crippen LogP contribution < -0.4 is 5.43 Å². The third-order valence-corrected chi connectivity index (χ3v) is 4.03. The monoisotopic (exact) mass is 299 g/mol. The highest BCUT2D eigenvalue weighted by molar-refractivity contribution is 7.22. The number of halogens is 1. The fraction of sp³-hybridized carbons (Fsp3) is 0.125. The van der Waals surface area contributed by atoms with Gasteiger partial charge < -0.3 is 0 Å². The molecule has 2 aromatic carbocycles. The van der Waals surface area contributed by atoms with E-state index in [0.717, 1.165) is 33.0 Å². The van der Waals surface area contributed by atoms with Crippen molar-refractivity contribution < 1.29 is 4.39 Å². The molecule has 0 unspecified atom stereocenters. The van der Waals surface area contributed by atoms with E-state index in [4.69, 9.17) is 0 Å². The maximum atomic E-state index is 13.0. The number of aromatic nitrogens is 1. The van der Waals surface area contributed by atoms with Gasteiger partial charge in [0.1, 0.15) is 5.82 Å². The number of para-hydroxylation sites is 1. The Morgan fingerprint density at radius 1 is 1.19 bits per heavy atom. The quantitative estimate of drug-likeness (QED) is 0.562. The zero-order chi connectivity index (χ0) is 14.7. The van der Waals surface area contributed by atoms with Crippen LogP contribution in [-0.4, -0.2) is 10.7 Å². The van der Waals surface area contributed by atoms with Gasteiger partial charge in [0.25, 0.3) is 0 Å². The molecule has 0 saturated heterocycles. The van der Waals surface area contributed by atoms with Gasteiger partial charge in [-0.05, 0) is 36.2 Å². The lowest BCUT2D eigenvalue weighted by Crippen LogP contribution is -2.03. The normalized spacial score (nSPS) is 11.8. The van der Waals surface area contributed by atoms with E-state index in [1.807, 2.05) is 31.2 Å². The molecule has 3 aromatic rings. The van der Waals surface area contributed by atoms with Crippen LogP contribution in [0.2, 0.25) is 0 Å². The molecule has 0 spiro atoms. The van der Waals surface area contributed by atoms with Crippen molar-refractivity contribution in [3.63, 3.8) is 0 Å². The maximum Gasteiger partial charge on any atom is 0.204 e. The van der Waals surface area contributed by atoms with Crippen molar-refractivity contribution in [2.45, 2.75) is 13.3 Å². The smallest absolute Gasteiger partial charge is 0.204 e. The van der Waals surface area contributed by atoms with Crippen LogP contribution in [-0.2, 0) is 0 Å². The van der Waals surface area contributed by atoms with Crippen LogP contribution in [0.1, 0.15) is 18.9 Å². The highest BCUT2D eigenvalue weighted by atomic mass is 32.1. The number of nitrogens with zero attached hydrogens (tertiary/aromatic N) is 2. The van der Waals surface area contributed by atoms with Gasteiger partial charge in [-0.25, -0.2) is 9.37 Å². The molecule has 5 heteroatoms. The van der Waals surface area contributed by atoms with Crippen LogP contribution in [0.4, 0.5) is 9.52 Å². The minimum atomic E-state index is -0.242. The zero-order valence-electron chi connectivity index (χ0n) is 11.5. The first-order valence-electron chi connectivity index (χ1n) is 6.70. The van der Waals surface area contributed by atoms with Crippen LogP contribution in [0.25, 0.3) is 10.2 Å². The second kappa shape index (κ2) is 6.01. The third-order valence-electron chi connectivity index (χ3n) is 3.09. The van der Waals surface area contributed by atoms with E-state index in [-0.39, 0.29) is 5.82 Å². The number of benzene rings is 2. The Bertz CT molecular complexity index is 745. The fourth-order valence-electron chi connectivity index (χ4n) is 2.03. The Kier molecular flexibility index (Phi) is 3.92. The van der Waals surface area contributed by atoms with Gasteiger partial charge in [-0.2, -0.15) is 5.10 Å². The van der Waals surface area contributed by atoms with E-state index in [1.54, 1.807) is 23.5 Å². The summed E-state index contributed by atoms with van der Waals surface area (Å²) in [4.78, 5) is 4.47. The Hall–Kier alpha value is -2.27. The van der Waals surface area contributed by atoms with Gasteiger partial charge >= 0.3 is 0 Å². The first kappa shape index (κ1) is 13.7. The van der Waals surface area contributed by atoms with Gasteiger partial charge in [0, 0.05) is 0 Å². The van der Waals surface area contributed by atoms with Crippen molar-refractivity contribution >= 4 is 32.4 Å². The largest absolute Gasteiger partial charge is 0.252 e. The van der Waals surface area contributed by atoms with Crippen molar-refractivity contribution in [3.8, 4) is 0 Å². The topological polar surface area (TPSA) is 37.3 Å². The number of anilines is 1. The van der Waals surface area contributed by atoms with E-state index in [2.05, 4.69) is 15.5 Å². The van der Waals surface area contributed by atoms with Crippen LogP contribution >= 0.6 is 11.3 Å². The summed E-state index contributed by atoms with van der Waals surface area (Å²) in [7, 11) is 0. The molecule has 0 aliphatic carbocycles. The number of thiazole rings is 1. The second-order valence-electron chi connectivity index (χ2n) is 4.52. The number of hydrogen-bond donors (Lipinski definition) is 1. The van der Waals surface area contributed by atoms with Gasteiger partial charge in [-0.1, -0.05) is 42.5 Å². The average Bonchev–Trinajstić information content (AvgIpc) is 2.92. The van der Waals surface area contributed by atoms with E-state index in [0.29, 0.717) is 0 Å². The predicted octanol–water partition coefficient (Wildman–Crippen LogP) is 4.66. The highest BCUT2D eigenvalue weighted by Gasteiger charge is 2.04.